The van der Waals surface area contributed by atoms with Gasteiger partial charge in [0.1, 0.15) is 5.82 Å². The van der Waals surface area contributed by atoms with Crippen molar-refractivity contribution >= 4 is 33.5 Å². The number of amides is 1. The summed E-state index contributed by atoms with van der Waals surface area (Å²) in [7, 11) is 1.57. The molecule has 1 N–H and O–H groups in total. The van der Waals surface area contributed by atoms with E-state index in [4.69, 9.17) is 0 Å². The lowest BCUT2D eigenvalue weighted by molar-refractivity contribution is 0.0962. The number of hydrogen-bond donors (Lipinski definition) is 1. The molecule has 0 aliphatic carbocycles. The molecular weight excluding hydrogens is 393 g/mol. The maximum Gasteiger partial charge on any atom is 0.254 e. The third-order valence-corrected chi connectivity index (χ3v) is 6.05. The molecule has 3 aromatic heterocycles. The summed E-state index contributed by atoms with van der Waals surface area (Å²) >= 11 is 1.45. The first-order valence-electron chi connectivity index (χ1n) is 9.43. The number of piperazine rings is 1. The number of hydrogen-bond acceptors (Lipinski definition) is 8. The van der Waals surface area contributed by atoms with Gasteiger partial charge in [-0.15, -0.1) is 11.3 Å². The van der Waals surface area contributed by atoms with Crippen molar-refractivity contribution in [3.8, 4) is 0 Å². The van der Waals surface area contributed by atoms with Crippen LogP contribution < -0.4 is 10.2 Å². The summed E-state index contributed by atoms with van der Waals surface area (Å²) in [5.74, 6) is 0.0924. The predicted molar refractivity (Wildman–Crippen MR) is 110 cm³/mol. The Hall–Kier alpha value is -2.72. The van der Waals surface area contributed by atoms with E-state index >= 15 is 0 Å². The molecule has 0 aromatic carbocycles. The summed E-state index contributed by atoms with van der Waals surface area (Å²) in [5.41, 5.74) is 1.47. The molecule has 8 nitrogen and oxygen atoms in total. The van der Waals surface area contributed by atoms with Gasteiger partial charge in [0.2, 0.25) is 5.95 Å². The van der Waals surface area contributed by atoms with Crippen LogP contribution in [0.4, 0.5) is 10.3 Å². The van der Waals surface area contributed by atoms with Crippen molar-refractivity contribution in [1.82, 2.24) is 30.2 Å². The summed E-state index contributed by atoms with van der Waals surface area (Å²) in [5, 5.41) is 3.43. The quantitative estimate of drug-likeness (QED) is 0.699. The Morgan fingerprint density at radius 3 is 2.55 bits per heavy atom. The summed E-state index contributed by atoms with van der Waals surface area (Å²) < 4.78 is 15.4. The fourth-order valence-electron chi connectivity index (χ4n) is 3.48. The lowest BCUT2D eigenvalue weighted by Gasteiger charge is -2.37. The first-order chi connectivity index (χ1) is 14.0. The average molecular weight is 415 g/mol. The number of halogens is 1. The maximum atomic E-state index is 14.6. The van der Waals surface area contributed by atoms with Crippen LogP contribution in [-0.2, 0) is 0 Å². The summed E-state index contributed by atoms with van der Waals surface area (Å²) in [4.78, 5) is 33.4. The van der Waals surface area contributed by atoms with E-state index < -0.39 is 0 Å². The lowest BCUT2D eigenvalue weighted by Crippen LogP contribution is -2.48. The molecule has 0 unspecified atom stereocenters. The number of carbonyl (C=O) groups is 1. The Balaban J connectivity index is 1.44. The van der Waals surface area contributed by atoms with E-state index in [1.807, 2.05) is 13.8 Å². The summed E-state index contributed by atoms with van der Waals surface area (Å²) in [6.45, 7) is 6.76. The van der Waals surface area contributed by atoms with Gasteiger partial charge in [-0.3, -0.25) is 9.69 Å². The monoisotopic (exact) mass is 415 g/mol. The van der Waals surface area contributed by atoms with Crippen LogP contribution in [0.15, 0.2) is 18.5 Å². The third kappa shape index (κ3) is 3.90. The molecule has 0 saturated carbocycles. The molecule has 152 valence electrons. The van der Waals surface area contributed by atoms with Crippen molar-refractivity contribution in [3.05, 3.63) is 40.5 Å². The van der Waals surface area contributed by atoms with Gasteiger partial charge in [0.15, 0.2) is 5.65 Å². The normalized spacial score (nSPS) is 16.2. The second kappa shape index (κ2) is 7.96. The molecule has 3 aromatic rings. The highest BCUT2D eigenvalue weighted by molar-refractivity contribution is 7.18. The van der Waals surface area contributed by atoms with E-state index in [-0.39, 0.29) is 17.8 Å². The van der Waals surface area contributed by atoms with E-state index in [0.29, 0.717) is 35.9 Å². The van der Waals surface area contributed by atoms with Gasteiger partial charge in [-0.25, -0.2) is 24.3 Å². The number of aromatic nitrogens is 4. The second-order valence-electron chi connectivity index (χ2n) is 6.96. The maximum absolute atomic E-state index is 14.6. The van der Waals surface area contributed by atoms with Crippen molar-refractivity contribution in [1.29, 1.82) is 0 Å². The molecule has 1 atom stereocenters. The van der Waals surface area contributed by atoms with Gasteiger partial charge in [-0.05, 0) is 19.9 Å². The number of nitrogens with zero attached hydrogens (tertiary/aromatic N) is 6. The van der Waals surface area contributed by atoms with Crippen molar-refractivity contribution in [2.75, 3.05) is 38.1 Å². The van der Waals surface area contributed by atoms with Crippen LogP contribution in [0.2, 0.25) is 0 Å². The lowest BCUT2D eigenvalue weighted by atomic mass is 10.1. The molecule has 1 amide bonds. The van der Waals surface area contributed by atoms with Gasteiger partial charge in [-0.1, -0.05) is 0 Å². The predicted octanol–water partition coefficient (Wildman–Crippen LogP) is 2.17. The smallest absolute Gasteiger partial charge is 0.254 e. The Kier molecular flexibility index (Phi) is 5.37. The fourth-order valence-corrected chi connectivity index (χ4v) is 4.28. The van der Waals surface area contributed by atoms with Crippen LogP contribution >= 0.6 is 11.3 Å². The minimum atomic E-state index is -0.288. The summed E-state index contributed by atoms with van der Waals surface area (Å²) in [6.07, 6.45) is 3.06. The molecule has 1 aliphatic heterocycles. The van der Waals surface area contributed by atoms with E-state index in [1.165, 1.54) is 29.8 Å². The highest BCUT2D eigenvalue weighted by atomic mass is 32.1. The SMILES string of the molecule is CNC(=O)c1cnc(N2CCN([C@H](C)c3nc4nc(C)sc4cc3F)CC2)nc1. The number of anilines is 1. The van der Waals surface area contributed by atoms with Crippen LogP contribution in [0.5, 0.6) is 0 Å². The first-order valence-corrected chi connectivity index (χ1v) is 10.2. The molecule has 4 rings (SSSR count). The number of nitrogens with one attached hydrogen (secondary N) is 1. The van der Waals surface area contributed by atoms with Crippen LogP contribution in [0.1, 0.15) is 34.0 Å². The van der Waals surface area contributed by atoms with Gasteiger partial charge >= 0.3 is 0 Å². The van der Waals surface area contributed by atoms with Crippen LogP contribution in [0.3, 0.4) is 0 Å². The minimum Gasteiger partial charge on any atom is -0.355 e. The number of rotatable bonds is 4. The average Bonchev–Trinajstić information content (AvgIpc) is 3.11. The molecule has 0 radical (unpaired) electrons. The number of pyridine rings is 1. The number of fused-ring (bicyclic) bond motifs is 1. The van der Waals surface area contributed by atoms with Gasteiger partial charge in [0, 0.05) is 45.6 Å². The highest BCUT2D eigenvalue weighted by Gasteiger charge is 2.26. The van der Waals surface area contributed by atoms with Gasteiger partial charge in [0.05, 0.1) is 27.0 Å². The molecule has 0 spiro atoms. The molecule has 10 heteroatoms. The highest BCUT2D eigenvalue weighted by Crippen LogP contribution is 2.28. The van der Waals surface area contributed by atoms with Crippen LogP contribution in [0, 0.1) is 12.7 Å². The largest absolute Gasteiger partial charge is 0.355 e. The van der Waals surface area contributed by atoms with E-state index in [0.717, 1.165) is 22.8 Å². The second-order valence-corrected chi connectivity index (χ2v) is 8.19. The minimum absolute atomic E-state index is 0.153. The van der Waals surface area contributed by atoms with Crippen molar-refractivity contribution < 1.29 is 9.18 Å². The zero-order chi connectivity index (χ0) is 20.5. The molecule has 1 aliphatic rings. The van der Waals surface area contributed by atoms with Crippen molar-refractivity contribution in [3.63, 3.8) is 0 Å². The van der Waals surface area contributed by atoms with Gasteiger partial charge in [-0.2, -0.15) is 0 Å². The number of aryl methyl sites for hydroxylation is 1. The Morgan fingerprint density at radius 2 is 1.90 bits per heavy atom. The number of thiazole rings is 1. The molecule has 1 fully saturated rings. The van der Waals surface area contributed by atoms with Gasteiger partial charge < -0.3 is 10.2 Å². The fraction of sp³-hybridized carbons (Fsp3) is 0.421. The Labute approximate surface area is 171 Å². The molecule has 1 saturated heterocycles. The molecular formula is C19H22FN7OS. The van der Waals surface area contributed by atoms with Crippen LogP contribution in [-0.4, -0.2) is 64.0 Å². The zero-order valence-corrected chi connectivity index (χ0v) is 17.3. The molecule has 29 heavy (non-hydrogen) atoms. The first kappa shape index (κ1) is 19.6. The van der Waals surface area contributed by atoms with E-state index in [9.17, 15) is 9.18 Å². The summed E-state index contributed by atoms with van der Waals surface area (Å²) in [6, 6.07) is 1.39. The third-order valence-electron chi connectivity index (χ3n) is 5.14. The van der Waals surface area contributed by atoms with Crippen molar-refractivity contribution in [2.24, 2.45) is 0 Å². The van der Waals surface area contributed by atoms with Crippen LogP contribution in [0.25, 0.3) is 10.3 Å². The zero-order valence-electron chi connectivity index (χ0n) is 16.5. The van der Waals surface area contributed by atoms with E-state index in [2.05, 4.69) is 35.1 Å². The van der Waals surface area contributed by atoms with E-state index in [1.54, 1.807) is 7.05 Å². The standard InChI is InChI=1S/C19H22FN7OS/c1-11(16-14(20)8-15-17(25-16)24-12(2)29-15)26-4-6-27(7-5-26)19-22-9-13(10-23-19)18(28)21-3/h8-11H,4-7H2,1-3H3,(H,21,28)/t11-/m1/s1. The Morgan fingerprint density at radius 1 is 1.21 bits per heavy atom. The van der Waals surface area contributed by atoms with Gasteiger partial charge in [0.25, 0.3) is 5.91 Å². The number of carbonyl (C=O) groups excluding carboxylic acids is 1. The molecule has 4 heterocycles. The van der Waals surface area contributed by atoms with Crippen molar-refractivity contribution in [2.45, 2.75) is 19.9 Å². The topological polar surface area (TPSA) is 87.1 Å². The molecule has 0 bridgehead atoms. The Bertz CT molecular complexity index is 1030.